The van der Waals surface area contributed by atoms with Crippen LogP contribution in [0.4, 0.5) is 0 Å². The smallest absolute Gasteiger partial charge is 0.149 e. The molecule has 0 amide bonds. The number of Topliss-reactive ketones (excluding diaryl/α,β-unsaturated/α-hetero) is 1. The second-order valence-electron chi connectivity index (χ2n) is 3.97. The van der Waals surface area contributed by atoms with Crippen LogP contribution in [0.25, 0.3) is 0 Å². The second-order valence-corrected chi connectivity index (χ2v) is 5.52. The van der Waals surface area contributed by atoms with Gasteiger partial charge in [-0.2, -0.15) is 0 Å². The molecule has 1 fully saturated rings. The fourth-order valence-electron chi connectivity index (χ4n) is 1.55. The molecule has 0 heterocycles. The minimum absolute atomic E-state index is 0.0359. The molecule has 0 aliphatic heterocycles. The zero-order chi connectivity index (χ0) is 10.8. The van der Waals surface area contributed by atoms with Gasteiger partial charge < -0.3 is 0 Å². The van der Waals surface area contributed by atoms with Gasteiger partial charge >= 0.3 is 0 Å². The van der Waals surface area contributed by atoms with Crippen molar-refractivity contribution in [3.8, 4) is 0 Å². The van der Waals surface area contributed by atoms with Crippen LogP contribution in [0.5, 0.6) is 0 Å². The quantitative estimate of drug-likeness (QED) is 0.773. The summed E-state index contributed by atoms with van der Waals surface area (Å²) in [6.07, 6.45) is 2.90. The van der Waals surface area contributed by atoms with E-state index in [9.17, 15) is 4.79 Å². The van der Waals surface area contributed by atoms with E-state index in [1.54, 1.807) is 0 Å². The lowest BCUT2D eigenvalue weighted by atomic mass is 10.1. The summed E-state index contributed by atoms with van der Waals surface area (Å²) >= 11 is 9.25. The molecule has 0 N–H and O–H groups in total. The van der Waals surface area contributed by atoms with Gasteiger partial charge in [0.2, 0.25) is 0 Å². The Kier molecular flexibility index (Phi) is 3.47. The van der Waals surface area contributed by atoms with Crippen LogP contribution in [-0.4, -0.2) is 10.6 Å². The van der Waals surface area contributed by atoms with Gasteiger partial charge in [-0.05, 0) is 37.0 Å². The molecule has 1 nitrogen and oxygen atoms in total. The first-order valence-corrected chi connectivity index (χ1v) is 6.38. The van der Waals surface area contributed by atoms with Crippen molar-refractivity contribution in [1.29, 1.82) is 0 Å². The molecular formula is C12H12BrClO. The Bertz CT molecular complexity index is 356. The van der Waals surface area contributed by atoms with Gasteiger partial charge in [0.25, 0.3) is 0 Å². The van der Waals surface area contributed by atoms with Crippen LogP contribution in [0.1, 0.15) is 18.4 Å². The maximum Gasteiger partial charge on any atom is 0.149 e. The zero-order valence-electron chi connectivity index (χ0n) is 8.25. The van der Waals surface area contributed by atoms with Crippen LogP contribution in [0.15, 0.2) is 24.3 Å². The molecule has 0 saturated heterocycles. The Morgan fingerprint density at radius 3 is 2.53 bits per heavy atom. The Balaban J connectivity index is 1.95. The molecular weight excluding hydrogens is 275 g/mol. The molecule has 1 atom stereocenters. The highest BCUT2D eigenvalue weighted by atomic mass is 79.9. The topological polar surface area (TPSA) is 17.1 Å². The monoisotopic (exact) mass is 286 g/mol. The first-order chi connectivity index (χ1) is 7.16. The maximum atomic E-state index is 11.7. The second kappa shape index (κ2) is 4.67. The largest absolute Gasteiger partial charge is 0.298 e. The van der Waals surface area contributed by atoms with Gasteiger partial charge in [0.15, 0.2) is 0 Å². The lowest BCUT2D eigenvalue weighted by Gasteiger charge is -2.07. The number of ketones is 1. The lowest BCUT2D eigenvalue weighted by Crippen LogP contribution is -2.18. The van der Waals surface area contributed by atoms with Crippen molar-refractivity contribution in [3.05, 3.63) is 34.9 Å². The van der Waals surface area contributed by atoms with E-state index in [0.717, 1.165) is 29.8 Å². The Labute approximate surface area is 103 Å². The molecule has 1 aromatic carbocycles. The van der Waals surface area contributed by atoms with E-state index in [-0.39, 0.29) is 4.83 Å². The van der Waals surface area contributed by atoms with Crippen LogP contribution in [0, 0.1) is 5.92 Å². The Morgan fingerprint density at radius 2 is 2.00 bits per heavy atom. The first-order valence-electron chi connectivity index (χ1n) is 5.09. The lowest BCUT2D eigenvalue weighted by molar-refractivity contribution is -0.119. The van der Waals surface area contributed by atoms with E-state index >= 15 is 0 Å². The van der Waals surface area contributed by atoms with Crippen LogP contribution in [0.2, 0.25) is 5.02 Å². The minimum atomic E-state index is -0.0359. The van der Waals surface area contributed by atoms with Crippen molar-refractivity contribution in [2.24, 2.45) is 5.92 Å². The van der Waals surface area contributed by atoms with Gasteiger partial charge in [-0.1, -0.05) is 39.7 Å². The van der Waals surface area contributed by atoms with Crippen molar-refractivity contribution in [1.82, 2.24) is 0 Å². The molecule has 3 heteroatoms. The molecule has 0 spiro atoms. The van der Waals surface area contributed by atoms with Crippen LogP contribution in [0.3, 0.4) is 0 Å². The van der Waals surface area contributed by atoms with Gasteiger partial charge in [-0.15, -0.1) is 0 Å². The van der Waals surface area contributed by atoms with Gasteiger partial charge in [0.05, 0.1) is 4.83 Å². The third-order valence-electron chi connectivity index (χ3n) is 2.62. The van der Waals surface area contributed by atoms with Gasteiger partial charge in [0, 0.05) is 10.9 Å². The summed E-state index contributed by atoms with van der Waals surface area (Å²) in [4.78, 5) is 11.7. The van der Waals surface area contributed by atoms with E-state index in [0.29, 0.717) is 11.7 Å². The highest BCUT2D eigenvalue weighted by Crippen LogP contribution is 2.33. The molecule has 0 radical (unpaired) electrons. The summed E-state index contributed by atoms with van der Waals surface area (Å²) in [5, 5.41) is 0.735. The molecule has 1 aromatic rings. The molecule has 1 aliphatic carbocycles. The molecule has 80 valence electrons. The first kappa shape index (κ1) is 11.2. The molecule has 1 aliphatic rings. The van der Waals surface area contributed by atoms with Crippen molar-refractivity contribution >= 4 is 33.3 Å². The van der Waals surface area contributed by atoms with E-state index in [1.807, 2.05) is 24.3 Å². The predicted octanol–water partition coefficient (Wildman–Crippen LogP) is 3.63. The standard InChI is InChI=1S/C12H12BrClO/c13-11(12(15)9-3-4-9)7-8-1-5-10(14)6-2-8/h1-2,5-6,9,11H,3-4,7H2. The average Bonchev–Trinajstić information content (AvgIpc) is 3.04. The van der Waals surface area contributed by atoms with Crippen molar-refractivity contribution in [3.63, 3.8) is 0 Å². The highest BCUT2D eigenvalue weighted by molar-refractivity contribution is 9.10. The number of hydrogen-bond acceptors (Lipinski definition) is 1. The zero-order valence-corrected chi connectivity index (χ0v) is 10.6. The molecule has 2 rings (SSSR count). The van der Waals surface area contributed by atoms with Crippen molar-refractivity contribution < 1.29 is 4.79 Å². The molecule has 0 bridgehead atoms. The predicted molar refractivity (Wildman–Crippen MR) is 65.6 cm³/mol. The highest BCUT2D eigenvalue weighted by Gasteiger charge is 2.33. The molecule has 1 saturated carbocycles. The number of benzene rings is 1. The van der Waals surface area contributed by atoms with Gasteiger partial charge in [-0.25, -0.2) is 0 Å². The number of alkyl halides is 1. The summed E-state index contributed by atoms with van der Waals surface area (Å²) in [5.41, 5.74) is 1.15. The summed E-state index contributed by atoms with van der Waals surface area (Å²) in [5.74, 6) is 0.673. The third-order valence-corrected chi connectivity index (χ3v) is 3.64. The molecule has 0 aromatic heterocycles. The number of carbonyl (C=O) groups excluding carboxylic acids is 1. The number of carbonyl (C=O) groups is 1. The maximum absolute atomic E-state index is 11.7. The van der Waals surface area contributed by atoms with Crippen LogP contribution < -0.4 is 0 Å². The van der Waals surface area contributed by atoms with E-state index in [1.165, 1.54) is 0 Å². The van der Waals surface area contributed by atoms with Gasteiger partial charge in [0.1, 0.15) is 5.78 Å². The fourth-order valence-corrected chi connectivity index (χ4v) is 2.43. The van der Waals surface area contributed by atoms with Crippen molar-refractivity contribution in [2.75, 3.05) is 0 Å². The third kappa shape index (κ3) is 3.05. The fraction of sp³-hybridized carbons (Fsp3) is 0.417. The summed E-state index contributed by atoms with van der Waals surface area (Å²) in [7, 11) is 0. The Morgan fingerprint density at radius 1 is 1.40 bits per heavy atom. The van der Waals surface area contributed by atoms with Crippen LogP contribution >= 0.6 is 27.5 Å². The van der Waals surface area contributed by atoms with Crippen LogP contribution in [-0.2, 0) is 11.2 Å². The minimum Gasteiger partial charge on any atom is -0.298 e. The number of rotatable bonds is 4. The average molecular weight is 288 g/mol. The Hall–Kier alpha value is -0.340. The van der Waals surface area contributed by atoms with E-state index in [2.05, 4.69) is 15.9 Å². The van der Waals surface area contributed by atoms with E-state index < -0.39 is 0 Å². The van der Waals surface area contributed by atoms with E-state index in [4.69, 9.17) is 11.6 Å². The SMILES string of the molecule is O=C(C(Br)Cc1ccc(Cl)cc1)C1CC1. The summed E-state index contributed by atoms with van der Waals surface area (Å²) in [6.45, 7) is 0. The van der Waals surface area contributed by atoms with Crippen molar-refractivity contribution in [2.45, 2.75) is 24.1 Å². The van der Waals surface area contributed by atoms with Gasteiger partial charge in [-0.3, -0.25) is 4.79 Å². The summed E-state index contributed by atoms with van der Waals surface area (Å²) in [6, 6.07) is 7.66. The summed E-state index contributed by atoms with van der Waals surface area (Å²) < 4.78 is 0. The molecule has 1 unspecified atom stereocenters. The normalized spacial score (nSPS) is 17.5. The molecule has 15 heavy (non-hydrogen) atoms. The number of halogens is 2. The number of hydrogen-bond donors (Lipinski definition) is 0.